The minimum atomic E-state index is -0.919. The van der Waals surface area contributed by atoms with Crippen molar-refractivity contribution < 1.29 is 8.78 Å². The molecule has 1 heterocycles. The van der Waals surface area contributed by atoms with Crippen molar-refractivity contribution in [2.75, 3.05) is 16.8 Å². The predicted molar refractivity (Wildman–Crippen MR) is 100 cm³/mol. The van der Waals surface area contributed by atoms with Crippen LogP contribution in [0.25, 0.3) is 0 Å². The minimum Gasteiger partial charge on any atom is -0.326 e. The molecule has 4 nitrogen and oxygen atoms in total. The molecular weight excluding hydrogens is 334 g/mol. The van der Waals surface area contributed by atoms with Gasteiger partial charge in [0.05, 0.1) is 0 Å². The molecule has 0 saturated carbocycles. The number of nitrogens with one attached hydrogen (secondary N) is 1. The molecule has 0 aliphatic carbocycles. The van der Waals surface area contributed by atoms with Gasteiger partial charge in [-0.25, -0.2) is 13.8 Å². The third-order valence-corrected chi connectivity index (χ3v) is 3.92. The summed E-state index contributed by atoms with van der Waals surface area (Å²) in [6.07, 6.45) is 0. The zero-order valence-electron chi connectivity index (χ0n) is 14.9. The lowest BCUT2D eigenvalue weighted by atomic mass is 10.2. The number of halogens is 2. The Balaban J connectivity index is 1.94. The molecule has 3 rings (SSSR count). The van der Waals surface area contributed by atoms with E-state index in [1.165, 1.54) is 6.07 Å². The van der Waals surface area contributed by atoms with Crippen LogP contribution in [0.3, 0.4) is 0 Å². The molecule has 1 aromatic heterocycles. The summed E-state index contributed by atoms with van der Waals surface area (Å²) >= 11 is 0. The van der Waals surface area contributed by atoms with Crippen molar-refractivity contribution in [1.82, 2.24) is 9.97 Å². The minimum absolute atomic E-state index is 0.331. The van der Waals surface area contributed by atoms with Gasteiger partial charge in [-0.3, -0.25) is 0 Å². The first-order valence-electron chi connectivity index (χ1n) is 8.38. The van der Waals surface area contributed by atoms with E-state index in [9.17, 15) is 8.78 Å². The summed E-state index contributed by atoms with van der Waals surface area (Å²) in [6.45, 7) is 6.68. The highest BCUT2D eigenvalue weighted by molar-refractivity contribution is 5.63. The fraction of sp³-hybridized carbons (Fsp3) is 0.200. The number of rotatable bonds is 5. The number of benzene rings is 2. The van der Waals surface area contributed by atoms with Gasteiger partial charge in [0.1, 0.15) is 5.82 Å². The van der Waals surface area contributed by atoms with E-state index in [1.807, 2.05) is 45.0 Å². The molecule has 0 spiro atoms. The number of nitrogens with zero attached hydrogens (tertiary/aromatic N) is 3. The van der Waals surface area contributed by atoms with Crippen molar-refractivity contribution in [1.29, 1.82) is 0 Å². The second-order valence-electron chi connectivity index (χ2n) is 6.03. The molecule has 0 saturated heterocycles. The van der Waals surface area contributed by atoms with Crippen molar-refractivity contribution in [2.45, 2.75) is 20.8 Å². The van der Waals surface area contributed by atoms with Crippen LogP contribution in [0.1, 0.15) is 18.2 Å². The molecule has 6 heteroatoms. The molecule has 26 heavy (non-hydrogen) atoms. The molecule has 0 aliphatic rings. The topological polar surface area (TPSA) is 41.1 Å². The molecule has 0 radical (unpaired) electrons. The first-order chi connectivity index (χ1) is 12.5. The highest BCUT2D eigenvalue weighted by atomic mass is 19.2. The Hall–Kier alpha value is -3.02. The molecule has 134 valence electrons. The standard InChI is InChI=1S/C20H20F2N4/c1-4-26(16-7-5-6-13(2)10-16)19-11-14(3)23-20(25-19)24-15-8-9-17(21)18(22)12-15/h5-12H,4H2,1-3H3,(H,23,24,25). The van der Waals surface area contributed by atoms with Crippen LogP contribution in [-0.4, -0.2) is 16.5 Å². The van der Waals surface area contributed by atoms with E-state index in [1.54, 1.807) is 0 Å². The number of hydrogen-bond donors (Lipinski definition) is 1. The van der Waals surface area contributed by atoms with Crippen molar-refractivity contribution in [3.05, 3.63) is 71.4 Å². The first kappa shape index (κ1) is 17.8. The number of anilines is 4. The van der Waals surface area contributed by atoms with Crippen LogP contribution in [0.2, 0.25) is 0 Å². The van der Waals surface area contributed by atoms with Gasteiger partial charge < -0.3 is 10.2 Å². The summed E-state index contributed by atoms with van der Waals surface area (Å²) in [4.78, 5) is 11.0. The van der Waals surface area contributed by atoms with Crippen LogP contribution in [0.5, 0.6) is 0 Å². The zero-order valence-corrected chi connectivity index (χ0v) is 14.9. The second-order valence-corrected chi connectivity index (χ2v) is 6.03. The highest BCUT2D eigenvalue weighted by Crippen LogP contribution is 2.26. The highest BCUT2D eigenvalue weighted by Gasteiger charge is 2.12. The zero-order chi connectivity index (χ0) is 18.7. The van der Waals surface area contributed by atoms with Gasteiger partial charge in [0, 0.05) is 35.7 Å². The van der Waals surface area contributed by atoms with Crippen LogP contribution in [0.4, 0.5) is 31.9 Å². The third-order valence-electron chi connectivity index (χ3n) is 3.92. The quantitative estimate of drug-likeness (QED) is 0.677. The molecule has 0 amide bonds. The van der Waals surface area contributed by atoms with Gasteiger partial charge in [0.25, 0.3) is 0 Å². The van der Waals surface area contributed by atoms with Gasteiger partial charge in [0.2, 0.25) is 5.95 Å². The Bertz CT molecular complexity index is 927. The summed E-state index contributed by atoms with van der Waals surface area (Å²) in [5.74, 6) is -0.747. The monoisotopic (exact) mass is 354 g/mol. The molecule has 0 fully saturated rings. The Morgan fingerprint density at radius 2 is 1.77 bits per heavy atom. The fourth-order valence-electron chi connectivity index (χ4n) is 2.72. The van der Waals surface area contributed by atoms with Crippen molar-refractivity contribution in [3.8, 4) is 0 Å². The summed E-state index contributed by atoms with van der Waals surface area (Å²) < 4.78 is 26.5. The van der Waals surface area contributed by atoms with Crippen molar-refractivity contribution in [2.24, 2.45) is 0 Å². The molecule has 3 aromatic rings. The maximum Gasteiger partial charge on any atom is 0.229 e. The SMILES string of the molecule is CCN(c1cccc(C)c1)c1cc(C)nc(Nc2ccc(F)c(F)c2)n1. The third kappa shape index (κ3) is 3.96. The molecule has 0 bridgehead atoms. The normalized spacial score (nSPS) is 10.7. The first-order valence-corrected chi connectivity index (χ1v) is 8.38. The van der Waals surface area contributed by atoms with Crippen LogP contribution >= 0.6 is 0 Å². The van der Waals surface area contributed by atoms with Crippen molar-refractivity contribution >= 4 is 23.1 Å². The Morgan fingerprint density at radius 3 is 2.46 bits per heavy atom. The van der Waals surface area contributed by atoms with Gasteiger partial charge in [0.15, 0.2) is 11.6 Å². The molecule has 0 atom stereocenters. The smallest absolute Gasteiger partial charge is 0.229 e. The predicted octanol–water partition coefficient (Wildman–Crippen LogP) is 5.27. The molecular formula is C20H20F2N4. The average molecular weight is 354 g/mol. The van der Waals surface area contributed by atoms with E-state index in [0.29, 0.717) is 11.6 Å². The summed E-state index contributed by atoms with van der Waals surface area (Å²) in [7, 11) is 0. The van der Waals surface area contributed by atoms with Crippen LogP contribution < -0.4 is 10.2 Å². The Morgan fingerprint density at radius 1 is 0.962 bits per heavy atom. The second kappa shape index (κ2) is 7.47. The lowest BCUT2D eigenvalue weighted by Gasteiger charge is -2.23. The lowest BCUT2D eigenvalue weighted by Crippen LogP contribution is -2.18. The molecule has 1 N–H and O–H groups in total. The molecule has 0 unspecified atom stereocenters. The van der Waals surface area contributed by atoms with Crippen LogP contribution in [0.15, 0.2) is 48.5 Å². The maximum absolute atomic E-state index is 13.4. The Labute approximate surface area is 151 Å². The van der Waals surface area contributed by atoms with Crippen LogP contribution in [0, 0.1) is 25.5 Å². The van der Waals surface area contributed by atoms with E-state index < -0.39 is 11.6 Å². The van der Waals surface area contributed by atoms with Crippen LogP contribution in [-0.2, 0) is 0 Å². The van der Waals surface area contributed by atoms with Gasteiger partial charge in [-0.05, 0) is 50.6 Å². The van der Waals surface area contributed by atoms with Gasteiger partial charge in [-0.15, -0.1) is 0 Å². The number of aromatic nitrogens is 2. The van der Waals surface area contributed by atoms with E-state index in [2.05, 4.69) is 26.3 Å². The van der Waals surface area contributed by atoms with Gasteiger partial charge in [-0.2, -0.15) is 4.98 Å². The fourth-order valence-corrected chi connectivity index (χ4v) is 2.72. The van der Waals surface area contributed by atoms with E-state index >= 15 is 0 Å². The van der Waals surface area contributed by atoms with Crippen molar-refractivity contribution in [3.63, 3.8) is 0 Å². The van der Waals surface area contributed by atoms with Gasteiger partial charge >= 0.3 is 0 Å². The molecule has 2 aromatic carbocycles. The Kier molecular flexibility index (Phi) is 5.11. The average Bonchev–Trinajstić information content (AvgIpc) is 2.58. The van der Waals surface area contributed by atoms with E-state index in [-0.39, 0.29) is 0 Å². The maximum atomic E-state index is 13.4. The lowest BCUT2D eigenvalue weighted by molar-refractivity contribution is 0.509. The summed E-state index contributed by atoms with van der Waals surface area (Å²) in [5.41, 5.74) is 3.35. The summed E-state index contributed by atoms with van der Waals surface area (Å²) in [5, 5.41) is 2.94. The molecule has 0 aliphatic heterocycles. The van der Waals surface area contributed by atoms with E-state index in [4.69, 9.17) is 0 Å². The number of hydrogen-bond acceptors (Lipinski definition) is 4. The largest absolute Gasteiger partial charge is 0.326 e. The number of aryl methyl sites for hydroxylation is 2. The van der Waals surface area contributed by atoms with E-state index in [0.717, 1.165) is 41.4 Å². The van der Waals surface area contributed by atoms with Gasteiger partial charge in [-0.1, -0.05) is 12.1 Å². The summed E-state index contributed by atoms with van der Waals surface area (Å²) in [6, 6.07) is 13.6.